The van der Waals surface area contributed by atoms with Gasteiger partial charge in [0, 0.05) is 17.0 Å². The quantitative estimate of drug-likeness (QED) is 0.505. The monoisotopic (exact) mass is 428 g/mol. The van der Waals surface area contributed by atoms with Gasteiger partial charge in [0.25, 0.3) is 5.91 Å². The van der Waals surface area contributed by atoms with Crippen LogP contribution in [0, 0.1) is 17.8 Å². The highest BCUT2D eigenvalue weighted by molar-refractivity contribution is 6.07. The molecule has 2 saturated carbocycles. The minimum absolute atomic E-state index is 0.00490. The zero-order valence-electron chi connectivity index (χ0n) is 19.2. The van der Waals surface area contributed by atoms with Crippen LogP contribution in [0.3, 0.4) is 0 Å². The molecular formula is C28H32N2O2. The van der Waals surface area contributed by atoms with Crippen LogP contribution in [0.5, 0.6) is 5.75 Å². The summed E-state index contributed by atoms with van der Waals surface area (Å²) in [5.74, 6) is 3.06. The van der Waals surface area contributed by atoms with Crippen molar-refractivity contribution in [1.82, 2.24) is 10.3 Å². The Balaban J connectivity index is 1.46. The van der Waals surface area contributed by atoms with Gasteiger partial charge < -0.3 is 10.1 Å². The third-order valence-electron chi connectivity index (χ3n) is 7.26. The van der Waals surface area contributed by atoms with E-state index in [4.69, 9.17) is 9.72 Å². The van der Waals surface area contributed by atoms with Crippen LogP contribution < -0.4 is 10.1 Å². The lowest BCUT2D eigenvalue weighted by atomic mass is 9.84. The molecule has 2 bridgehead atoms. The number of rotatable bonds is 6. The van der Waals surface area contributed by atoms with Crippen molar-refractivity contribution in [2.45, 2.75) is 58.6 Å². The van der Waals surface area contributed by atoms with Crippen LogP contribution in [0.2, 0.25) is 0 Å². The van der Waals surface area contributed by atoms with Crippen LogP contribution in [0.25, 0.3) is 22.2 Å². The number of hydrogen-bond donors (Lipinski definition) is 1. The average molecular weight is 429 g/mol. The topological polar surface area (TPSA) is 51.2 Å². The maximum atomic E-state index is 13.5. The van der Waals surface area contributed by atoms with Gasteiger partial charge in [-0.2, -0.15) is 0 Å². The summed E-state index contributed by atoms with van der Waals surface area (Å²) in [5, 5.41) is 4.23. The summed E-state index contributed by atoms with van der Waals surface area (Å²) in [6.45, 7) is 6.21. The summed E-state index contributed by atoms with van der Waals surface area (Å²) >= 11 is 0. The highest BCUT2D eigenvalue weighted by Gasteiger charge is 2.42. The first-order valence-corrected chi connectivity index (χ1v) is 12.0. The number of carbonyl (C=O) groups excluding carboxylic acids is 1. The predicted molar refractivity (Wildman–Crippen MR) is 129 cm³/mol. The summed E-state index contributed by atoms with van der Waals surface area (Å²) in [5.41, 5.74) is 3.26. The molecule has 2 fully saturated rings. The van der Waals surface area contributed by atoms with Gasteiger partial charge in [0.15, 0.2) is 0 Å². The lowest BCUT2D eigenvalue weighted by Crippen LogP contribution is -2.40. The Morgan fingerprint density at radius 3 is 2.62 bits per heavy atom. The Bertz CT molecular complexity index is 1140. The maximum Gasteiger partial charge on any atom is 0.252 e. The van der Waals surface area contributed by atoms with Crippen molar-refractivity contribution in [1.29, 1.82) is 0 Å². The molecule has 1 aromatic heterocycles. The number of benzene rings is 2. The minimum atomic E-state index is -0.00490. The van der Waals surface area contributed by atoms with Crippen LogP contribution in [-0.2, 0) is 0 Å². The minimum Gasteiger partial charge on any atom is -0.491 e. The molecule has 1 N–H and O–H groups in total. The zero-order valence-corrected chi connectivity index (χ0v) is 19.2. The van der Waals surface area contributed by atoms with E-state index in [1.165, 1.54) is 25.7 Å². The van der Waals surface area contributed by atoms with E-state index in [2.05, 4.69) is 12.2 Å². The highest BCUT2D eigenvalue weighted by atomic mass is 16.5. The van der Waals surface area contributed by atoms with Crippen molar-refractivity contribution < 1.29 is 9.53 Å². The Hall–Kier alpha value is -2.88. The van der Waals surface area contributed by atoms with Gasteiger partial charge in [0.2, 0.25) is 0 Å². The molecule has 4 heteroatoms. The summed E-state index contributed by atoms with van der Waals surface area (Å²) in [6.07, 6.45) is 5.41. The molecule has 0 unspecified atom stereocenters. The molecule has 1 amide bonds. The molecule has 2 aliphatic carbocycles. The normalized spacial score (nSPS) is 22.9. The van der Waals surface area contributed by atoms with Gasteiger partial charge in [0.05, 0.1) is 22.9 Å². The molecule has 32 heavy (non-hydrogen) atoms. The van der Waals surface area contributed by atoms with Crippen molar-refractivity contribution in [2.24, 2.45) is 17.8 Å². The Morgan fingerprint density at radius 2 is 1.88 bits per heavy atom. The smallest absolute Gasteiger partial charge is 0.252 e. The van der Waals surface area contributed by atoms with E-state index in [0.29, 0.717) is 11.5 Å². The number of nitrogens with one attached hydrogen (secondary N) is 1. The number of carbonyl (C=O) groups is 1. The molecule has 4 nitrogen and oxygen atoms in total. The largest absolute Gasteiger partial charge is 0.491 e. The van der Waals surface area contributed by atoms with Crippen molar-refractivity contribution >= 4 is 16.8 Å². The van der Waals surface area contributed by atoms with Gasteiger partial charge in [-0.3, -0.25) is 4.79 Å². The summed E-state index contributed by atoms with van der Waals surface area (Å²) in [4.78, 5) is 18.3. The Kier molecular flexibility index (Phi) is 5.62. The molecule has 2 aliphatic rings. The van der Waals surface area contributed by atoms with Crippen molar-refractivity contribution in [3.05, 3.63) is 60.2 Å². The maximum absolute atomic E-state index is 13.5. The lowest BCUT2D eigenvalue weighted by molar-refractivity contribution is 0.0917. The van der Waals surface area contributed by atoms with Crippen LogP contribution in [-0.4, -0.2) is 23.0 Å². The summed E-state index contributed by atoms with van der Waals surface area (Å²) < 4.78 is 5.87. The molecule has 0 spiro atoms. The zero-order chi connectivity index (χ0) is 22.2. The van der Waals surface area contributed by atoms with E-state index in [9.17, 15) is 4.79 Å². The molecule has 1 heterocycles. The van der Waals surface area contributed by atoms with Crippen molar-refractivity contribution in [3.63, 3.8) is 0 Å². The third-order valence-corrected chi connectivity index (χ3v) is 7.26. The number of amides is 1. The number of nitrogens with zero attached hydrogens (tertiary/aromatic N) is 1. The van der Waals surface area contributed by atoms with Crippen LogP contribution in [0.1, 0.15) is 56.8 Å². The molecular weight excluding hydrogens is 396 g/mol. The van der Waals surface area contributed by atoms with Gasteiger partial charge in [-0.05, 0) is 82.1 Å². The van der Waals surface area contributed by atoms with E-state index in [1.54, 1.807) is 0 Å². The molecule has 3 aromatic rings. The Labute approximate surface area is 190 Å². The van der Waals surface area contributed by atoms with Crippen LogP contribution >= 0.6 is 0 Å². The van der Waals surface area contributed by atoms with Gasteiger partial charge in [-0.25, -0.2) is 4.98 Å². The number of aromatic nitrogens is 1. The van der Waals surface area contributed by atoms with E-state index in [1.807, 2.05) is 68.4 Å². The van der Waals surface area contributed by atoms with Crippen LogP contribution in [0.4, 0.5) is 0 Å². The van der Waals surface area contributed by atoms with E-state index in [-0.39, 0.29) is 18.1 Å². The molecule has 0 saturated heterocycles. The van der Waals surface area contributed by atoms with Gasteiger partial charge in [0.1, 0.15) is 5.75 Å². The second-order valence-electron chi connectivity index (χ2n) is 9.87. The molecule has 5 rings (SSSR count). The number of para-hydroxylation sites is 1. The second kappa shape index (κ2) is 8.57. The fourth-order valence-electron chi connectivity index (χ4n) is 5.81. The molecule has 0 radical (unpaired) electrons. The summed E-state index contributed by atoms with van der Waals surface area (Å²) in [6, 6.07) is 18.0. The molecule has 0 aliphatic heterocycles. The lowest BCUT2D eigenvalue weighted by Gasteiger charge is -2.28. The number of fused-ring (bicyclic) bond motifs is 3. The number of pyridine rings is 1. The summed E-state index contributed by atoms with van der Waals surface area (Å²) in [7, 11) is 0. The van der Waals surface area contributed by atoms with Crippen molar-refractivity contribution in [3.8, 4) is 17.0 Å². The van der Waals surface area contributed by atoms with Crippen molar-refractivity contribution in [2.75, 3.05) is 0 Å². The fourth-order valence-corrected chi connectivity index (χ4v) is 5.81. The van der Waals surface area contributed by atoms with E-state index in [0.717, 1.165) is 39.7 Å². The molecule has 4 atom stereocenters. The van der Waals surface area contributed by atoms with Gasteiger partial charge in [-0.15, -0.1) is 0 Å². The van der Waals surface area contributed by atoms with Crippen LogP contribution in [0.15, 0.2) is 54.6 Å². The first kappa shape index (κ1) is 21.0. The highest BCUT2D eigenvalue weighted by Crippen LogP contribution is 2.49. The third kappa shape index (κ3) is 4.11. The predicted octanol–water partition coefficient (Wildman–Crippen LogP) is 6.24. The molecule has 166 valence electrons. The standard InChI is InChI=1S/C28H32N2O2/c1-17(2)32-22-8-6-7-21(15-22)27-16-25(23-9-4-5-10-26(23)30-27)28(31)29-18(3)24-14-19-11-12-20(24)13-19/h4-10,15-20,24H,11-14H2,1-3H3,(H,29,31)/t18-,19-,20-,24-/m1/s1. The first-order chi connectivity index (χ1) is 15.5. The van der Waals surface area contributed by atoms with E-state index < -0.39 is 0 Å². The number of hydrogen-bond acceptors (Lipinski definition) is 3. The van der Waals surface area contributed by atoms with Gasteiger partial charge >= 0.3 is 0 Å². The Morgan fingerprint density at radius 1 is 1.03 bits per heavy atom. The van der Waals surface area contributed by atoms with Gasteiger partial charge in [-0.1, -0.05) is 36.8 Å². The molecule has 2 aromatic carbocycles. The SMILES string of the molecule is CC(C)Oc1cccc(-c2cc(C(=O)N[C@H](C)[C@H]3C[C@@H]4CC[C@@H]3C4)c3ccccc3n2)c1. The number of ether oxygens (including phenoxy) is 1. The first-order valence-electron chi connectivity index (χ1n) is 12.0. The second-order valence-corrected chi connectivity index (χ2v) is 9.87. The fraction of sp³-hybridized carbons (Fsp3) is 0.429. The van der Waals surface area contributed by atoms with E-state index >= 15 is 0 Å². The average Bonchev–Trinajstić information content (AvgIpc) is 3.42.